The number of ether oxygens (including phenoxy) is 1. The maximum atomic E-state index is 4.99. The van der Waals surface area contributed by atoms with E-state index in [1.54, 1.807) is 7.11 Å². The highest BCUT2D eigenvalue weighted by Crippen LogP contribution is 2.18. The second-order valence-corrected chi connectivity index (χ2v) is 2.29. The summed E-state index contributed by atoms with van der Waals surface area (Å²) >= 11 is 0. The van der Waals surface area contributed by atoms with Crippen molar-refractivity contribution in [2.75, 3.05) is 7.11 Å². The molecule has 0 saturated heterocycles. The van der Waals surface area contributed by atoms with E-state index in [0.717, 1.165) is 18.6 Å². The fourth-order valence-corrected chi connectivity index (χ4v) is 0.966. The van der Waals surface area contributed by atoms with Gasteiger partial charge in [-0.3, -0.25) is 0 Å². The second kappa shape index (κ2) is 3.25. The smallest absolute Gasteiger partial charge is 0.114 e. The zero-order valence-corrected chi connectivity index (χ0v) is 6.26. The summed E-state index contributed by atoms with van der Waals surface area (Å²) in [5.41, 5.74) is 1.21. The van der Waals surface area contributed by atoms with Crippen LogP contribution >= 0.6 is 0 Å². The van der Waals surface area contributed by atoms with E-state index in [1.165, 1.54) is 5.57 Å². The minimum absolute atomic E-state index is 0.796. The maximum absolute atomic E-state index is 4.99. The van der Waals surface area contributed by atoms with E-state index < -0.39 is 0 Å². The summed E-state index contributed by atoms with van der Waals surface area (Å²) < 4.78 is 4.99. The van der Waals surface area contributed by atoms with E-state index in [4.69, 9.17) is 4.74 Å². The van der Waals surface area contributed by atoms with Gasteiger partial charge in [-0.25, -0.2) is 0 Å². The molecule has 0 aromatic rings. The predicted octanol–water partition coefficient (Wildman–Crippen LogP) is 2.42. The van der Waals surface area contributed by atoms with Gasteiger partial charge in [0.2, 0.25) is 0 Å². The van der Waals surface area contributed by atoms with E-state index >= 15 is 0 Å². The van der Waals surface area contributed by atoms with Crippen LogP contribution in [-0.4, -0.2) is 7.11 Å². The minimum atomic E-state index is 0.796. The first kappa shape index (κ1) is 7.13. The van der Waals surface area contributed by atoms with Crippen molar-refractivity contribution >= 4 is 0 Å². The van der Waals surface area contributed by atoms with Crippen molar-refractivity contribution in [2.24, 2.45) is 0 Å². The number of hydrogen-bond donors (Lipinski definition) is 0. The van der Waals surface area contributed by atoms with Crippen LogP contribution in [0.1, 0.15) is 12.8 Å². The Morgan fingerprint density at radius 3 is 3.00 bits per heavy atom. The van der Waals surface area contributed by atoms with E-state index in [2.05, 4.69) is 18.7 Å². The highest BCUT2D eigenvalue weighted by atomic mass is 16.5. The lowest BCUT2D eigenvalue weighted by Crippen LogP contribution is -1.92. The molecule has 0 aliphatic heterocycles. The summed E-state index contributed by atoms with van der Waals surface area (Å²) in [7, 11) is 1.65. The van der Waals surface area contributed by atoms with E-state index in [9.17, 15) is 0 Å². The van der Waals surface area contributed by atoms with Crippen LogP contribution in [0.25, 0.3) is 0 Å². The Morgan fingerprint density at radius 2 is 2.50 bits per heavy atom. The maximum Gasteiger partial charge on any atom is 0.114 e. The second-order valence-electron chi connectivity index (χ2n) is 2.29. The topological polar surface area (TPSA) is 9.23 Å². The first-order chi connectivity index (χ1) is 4.84. The van der Waals surface area contributed by atoms with Crippen LogP contribution in [0.15, 0.2) is 36.1 Å². The largest absolute Gasteiger partial charge is 0.497 e. The number of rotatable bonds is 2. The number of allylic oxidation sites excluding steroid dienone is 4. The molecule has 1 nitrogen and oxygen atoms in total. The molecule has 0 bridgehead atoms. The fraction of sp³-hybridized carbons (Fsp3) is 0.333. The molecule has 0 N–H and O–H groups in total. The Hall–Kier alpha value is -0.980. The Morgan fingerprint density at radius 1 is 1.70 bits per heavy atom. The van der Waals surface area contributed by atoms with Gasteiger partial charge < -0.3 is 4.74 Å². The van der Waals surface area contributed by atoms with Gasteiger partial charge in [0.1, 0.15) is 5.76 Å². The lowest BCUT2D eigenvalue weighted by molar-refractivity contribution is 0.300. The molecular weight excluding hydrogens is 124 g/mol. The molecule has 1 aliphatic carbocycles. The van der Waals surface area contributed by atoms with Gasteiger partial charge in [-0.2, -0.15) is 0 Å². The molecule has 0 radical (unpaired) electrons. The lowest BCUT2D eigenvalue weighted by atomic mass is 10.0. The molecule has 0 amide bonds. The summed E-state index contributed by atoms with van der Waals surface area (Å²) in [6.45, 7) is 3.77. The quantitative estimate of drug-likeness (QED) is 0.530. The fourth-order valence-electron chi connectivity index (χ4n) is 0.966. The molecule has 0 spiro atoms. The molecule has 0 heterocycles. The number of hydrogen-bond acceptors (Lipinski definition) is 1. The Bertz CT molecular complexity index is 187. The molecule has 1 aliphatic rings. The summed E-state index contributed by atoms with van der Waals surface area (Å²) in [4.78, 5) is 0. The van der Waals surface area contributed by atoms with Crippen molar-refractivity contribution in [3.63, 3.8) is 0 Å². The summed E-state index contributed by atoms with van der Waals surface area (Å²) in [5, 5.41) is 0. The van der Waals surface area contributed by atoms with Gasteiger partial charge in [0.15, 0.2) is 0 Å². The normalized spacial score (nSPS) is 16.3. The van der Waals surface area contributed by atoms with Gasteiger partial charge in [0.25, 0.3) is 0 Å². The third kappa shape index (κ3) is 1.50. The Kier molecular flexibility index (Phi) is 2.32. The molecule has 0 saturated carbocycles. The van der Waals surface area contributed by atoms with Crippen molar-refractivity contribution in [1.82, 2.24) is 0 Å². The van der Waals surface area contributed by atoms with Gasteiger partial charge in [0.05, 0.1) is 7.11 Å². The first-order valence-corrected chi connectivity index (χ1v) is 3.43. The number of methoxy groups -OCH3 is 1. The minimum Gasteiger partial charge on any atom is -0.497 e. The molecule has 10 heavy (non-hydrogen) atoms. The van der Waals surface area contributed by atoms with E-state index in [0.29, 0.717) is 0 Å². The van der Waals surface area contributed by atoms with Crippen LogP contribution in [0.3, 0.4) is 0 Å². The van der Waals surface area contributed by atoms with Gasteiger partial charge in [-0.05, 0) is 18.4 Å². The van der Waals surface area contributed by atoms with Gasteiger partial charge in [-0.1, -0.05) is 24.8 Å². The van der Waals surface area contributed by atoms with Crippen molar-refractivity contribution in [1.29, 1.82) is 0 Å². The SMILES string of the molecule is C=C(OC)C1=CC=CCC1. The molecule has 0 unspecified atom stereocenters. The van der Waals surface area contributed by atoms with Crippen LogP contribution in [0.4, 0.5) is 0 Å². The first-order valence-electron chi connectivity index (χ1n) is 3.43. The highest BCUT2D eigenvalue weighted by molar-refractivity contribution is 5.30. The summed E-state index contributed by atoms with van der Waals surface area (Å²) in [5.74, 6) is 0.796. The predicted molar refractivity (Wildman–Crippen MR) is 42.6 cm³/mol. The van der Waals surface area contributed by atoms with Crippen LogP contribution in [-0.2, 0) is 4.74 Å². The Balaban J connectivity index is 2.62. The monoisotopic (exact) mass is 136 g/mol. The molecule has 54 valence electrons. The van der Waals surface area contributed by atoms with Crippen LogP contribution in [0, 0.1) is 0 Å². The van der Waals surface area contributed by atoms with E-state index in [-0.39, 0.29) is 0 Å². The van der Waals surface area contributed by atoms with E-state index in [1.807, 2.05) is 6.08 Å². The van der Waals surface area contributed by atoms with Crippen LogP contribution in [0.5, 0.6) is 0 Å². The zero-order valence-electron chi connectivity index (χ0n) is 6.26. The lowest BCUT2D eigenvalue weighted by Gasteiger charge is -2.09. The third-order valence-electron chi connectivity index (χ3n) is 1.62. The van der Waals surface area contributed by atoms with Crippen LogP contribution < -0.4 is 0 Å². The molecule has 0 aromatic heterocycles. The Labute approximate surface area is 61.7 Å². The molecule has 0 aromatic carbocycles. The van der Waals surface area contributed by atoms with Crippen LogP contribution in [0.2, 0.25) is 0 Å². The van der Waals surface area contributed by atoms with Crippen molar-refractivity contribution < 1.29 is 4.74 Å². The van der Waals surface area contributed by atoms with Crippen molar-refractivity contribution in [2.45, 2.75) is 12.8 Å². The van der Waals surface area contributed by atoms with Gasteiger partial charge in [0, 0.05) is 0 Å². The standard InChI is InChI=1S/C9H12O/c1-8(10-2)9-6-4-3-5-7-9/h3-4,6H,1,5,7H2,2H3. The molecule has 1 heteroatoms. The zero-order chi connectivity index (χ0) is 7.40. The molecule has 0 atom stereocenters. The van der Waals surface area contributed by atoms with Crippen molar-refractivity contribution in [3.05, 3.63) is 36.1 Å². The van der Waals surface area contributed by atoms with Gasteiger partial charge >= 0.3 is 0 Å². The highest BCUT2D eigenvalue weighted by Gasteiger charge is 2.02. The average Bonchev–Trinajstić information content (AvgIpc) is 2.05. The molecule has 1 rings (SSSR count). The third-order valence-corrected chi connectivity index (χ3v) is 1.62. The average molecular weight is 136 g/mol. The molecular formula is C9H12O. The van der Waals surface area contributed by atoms with Crippen molar-refractivity contribution in [3.8, 4) is 0 Å². The molecule has 0 fully saturated rings. The van der Waals surface area contributed by atoms with Gasteiger partial charge in [-0.15, -0.1) is 0 Å². The summed E-state index contributed by atoms with van der Waals surface area (Å²) in [6, 6.07) is 0. The summed E-state index contributed by atoms with van der Waals surface area (Å²) in [6.07, 6.45) is 8.40.